The molecule has 146 valence electrons. The summed E-state index contributed by atoms with van der Waals surface area (Å²) in [5, 5.41) is 4.18. The maximum atomic E-state index is 14.1. The number of oxime groups is 1. The number of hydrogen-bond donors (Lipinski definition) is 0. The fraction of sp³-hybridized carbons (Fsp3) is 0.350. The summed E-state index contributed by atoms with van der Waals surface area (Å²) in [6.07, 6.45) is 1.27. The third kappa shape index (κ3) is 4.00. The molecule has 0 bridgehead atoms. The first-order valence-electron chi connectivity index (χ1n) is 9.20. The van der Waals surface area contributed by atoms with Crippen LogP contribution in [-0.4, -0.2) is 58.7 Å². The number of halogens is 2. The normalized spacial score (nSPS) is 20.0. The molecule has 0 saturated carbocycles. The number of benzene rings is 1. The predicted octanol–water partition coefficient (Wildman–Crippen LogP) is 2.71. The van der Waals surface area contributed by atoms with Crippen LogP contribution in [-0.2, 0) is 16.2 Å². The summed E-state index contributed by atoms with van der Waals surface area (Å²) >= 11 is 6.09. The average molecular weight is 403 g/mol. The number of carbonyl (C=O) groups excluding carboxylic acids is 1. The number of amides is 1. The molecule has 1 fully saturated rings. The van der Waals surface area contributed by atoms with Crippen molar-refractivity contribution in [3.05, 3.63) is 64.7 Å². The highest BCUT2D eigenvalue weighted by molar-refractivity contribution is 6.34. The van der Waals surface area contributed by atoms with E-state index in [0.29, 0.717) is 18.8 Å². The molecule has 1 amide bonds. The van der Waals surface area contributed by atoms with Crippen molar-refractivity contribution in [2.45, 2.75) is 19.1 Å². The van der Waals surface area contributed by atoms with E-state index >= 15 is 0 Å². The molecule has 2 aliphatic rings. The summed E-state index contributed by atoms with van der Waals surface area (Å²) in [6.45, 7) is 3.52. The molecule has 4 rings (SSSR count). The molecule has 0 radical (unpaired) electrons. The number of rotatable bonds is 4. The van der Waals surface area contributed by atoms with Crippen LogP contribution in [0.25, 0.3) is 0 Å². The first-order valence-corrected chi connectivity index (χ1v) is 9.58. The molecule has 1 saturated heterocycles. The van der Waals surface area contributed by atoms with Gasteiger partial charge in [-0.2, -0.15) is 0 Å². The van der Waals surface area contributed by atoms with Crippen LogP contribution in [0.1, 0.15) is 17.7 Å². The molecular formula is C20H20ClFN4O2. The van der Waals surface area contributed by atoms with Crippen LogP contribution in [0.15, 0.2) is 47.8 Å². The summed E-state index contributed by atoms with van der Waals surface area (Å²) in [7, 11) is 0. The Kier molecular flexibility index (Phi) is 5.54. The van der Waals surface area contributed by atoms with Gasteiger partial charge in [0.15, 0.2) is 0 Å². The fourth-order valence-electron chi connectivity index (χ4n) is 3.48. The highest BCUT2D eigenvalue weighted by Crippen LogP contribution is 2.26. The van der Waals surface area contributed by atoms with Gasteiger partial charge in [-0.05, 0) is 24.3 Å². The zero-order valence-electron chi connectivity index (χ0n) is 15.2. The van der Waals surface area contributed by atoms with E-state index in [2.05, 4.69) is 15.0 Å². The average Bonchev–Trinajstić information content (AvgIpc) is 3.18. The van der Waals surface area contributed by atoms with Crippen molar-refractivity contribution < 1.29 is 14.0 Å². The number of aromatic nitrogens is 1. The second-order valence-corrected chi connectivity index (χ2v) is 7.26. The molecule has 28 heavy (non-hydrogen) atoms. The lowest BCUT2D eigenvalue weighted by atomic mass is 10.0. The second-order valence-electron chi connectivity index (χ2n) is 6.86. The lowest BCUT2D eigenvalue weighted by Gasteiger charge is -2.35. The predicted molar refractivity (Wildman–Crippen MR) is 104 cm³/mol. The van der Waals surface area contributed by atoms with E-state index in [1.54, 1.807) is 17.2 Å². The maximum Gasteiger partial charge on any atom is 0.266 e. The molecule has 1 atom stereocenters. The van der Waals surface area contributed by atoms with Gasteiger partial charge in [0, 0.05) is 45.3 Å². The quantitative estimate of drug-likeness (QED) is 0.789. The highest BCUT2D eigenvalue weighted by Gasteiger charge is 2.35. The third-order valence-electron chi connectivity index (χ3n) is 4.99. The molecule has 0 aliphatic carbocycles. The van der Waals surface area contributed by atoms with Crippen LogP contribution in [0.3, 0.4) is 0 Å². The topological polar surface area (TPSA) is 58.0 Å². The van der Waals surface area contributed by atoms with Crippen molar-refractivity contribution in [1.29, 1.82) is 0 Å². The van der Waals surface area contributed by atoms with Gasteiger partial charge in [0.05, 0.1) is 22.0 Å². The van der Waals surface area contributed by atoms with Gasteiger partial charge in [-0.25, -0.2) is 4.39 Å². The molecule has 1 aromatic heterocycles. The van der Waals surface area contributed by atoms with Crippen molar-refractivity contribution in [1.82, 2.24) is 14.8 Å². The van der Waals surface area contributed by atoms with Crippen molar-refractivity contribution in [3.63, 3.8) is 0 Å². The van der Waals surface area contributed by atoms with Crippen LogP contribution in [0.2, 0.25) is 5.02 Å². The van der Waals surface area contributed by atoms with E-state index in [9.17, 15) is 9.18 Å². The Hall–Kier alpha value is -2.51. The van der Waals surface area contributed by atoms with Crippen LogP contribution in [0, 0.1) is 5.82 Å². The molecule has 3 heterocycles. The molecule has 2 aromatic rings. The van der Waals surface area contributed by atoms with Gasteiger partial charge in [0.25, 0.3) is 5.91 Å². The van der Waals surface area contributed by atoms with Crippen LogP contribution < -0.4 is 0 Å². The van der Waals surface area contributed by atoms with Crippen LogP contribution in [0.4, 0.5) is 4.39 Å². The van der Waals surface area contributed by atoms with Gasteiger partial charge in [0.1, 0.15) is 5.82 Å². The van der Waals surface area contributed by atoms with E-state index < -0.39 is 11.9 Å². The number of hydrogen-bond acceptors (Lipinski definition) is 5. The number of nitrogens with zero attached hydrogens (tertiary/aromatic N) is 4. The molecule has 0 N–H and O–H groups in total. The van der Waals surface area contributed by atoms with Crippen LogP contribution >= 0.6 is 11.6 Å². The Morgan fingerprint density at radius 1 is 1.18 bits per heavy atom. The summed E-state index contributed by atoms with van der Waals surface area (Å²) in [5.74, 6) is -0.588. The summed E-state index contributed by atoms with van der Waals surface area (Å²) in [5.41, 5.74) is 1.59. The van der Waals surface area contributed by atoms with Gasteiger partial charge in [-0.1, -0.05) is 28.9 Å². The standard InChI is InChI=1S/C20H20ClFN4O2/c21-15-5-3-6-16(22)19(15)17-12-18(28-24-17)20(27)26-10-8-25(9-11-26)13-14-4-1-2-7-23-14/h1-7,18H,8-13H2/t18-/m1/s1. The SMILES string of the molecule is O=C([C@H]1CC(c2c(F)cccc2Cl)=NO1)N1CCN(Cc2ccccn2)CC1. The minimum atomic E-state index is -0.729. The molecule has 6 nitrogen and oxygen atoms in total. The molecule has 0 spiro atoms. The monoisotopic (exact) mass is 402 g/mol. The summed E-state index contributed by atoms with van der Waals surface area (Å²) in [6, 6.07) is 10.3. The Labute approximate surface area is 167 Å². The van der Waals surface area contributed by atoms with Gasteiger partial charge >= 0.3 is 0 Å². The van der Waals surface area contributed by atoms with Gasteiger partial charge in [-0.3, -0.25) is 14.7 Å². The van der Waals surface area contributed by atoms with Crippen molar-refractivity contribution >= 4 is 23.2 Å². The first kappa shape index (κ1) is 18.8. The minimum absolute atomic E-state index is 0.122. The van der Waals surface area contributed by atoms with Gasteiger partial charge < -0.3 is 9.74 Å². The summed E-state index contributed by atoms with van der Waals surface area (Å²) in [4.78, 5) is 26.5. The molecule has 8 heteroatoms. The summed E-state index contributed by atoms with van der Waals surface area (Å²) < 4.78 is 14.1. The zero-order chi connectivity index (χ0) is 19.5. The van der Waals surface area contributed by atoms with E-state index in [0.717, 1.165) is 25.3 Å². The Bertz CT molecular complexity index is 865. The Morgan fingerprint density at radius 3 is 2.71 bits per heavy atom. The zero-order valence-corrected chi connectivity index (χ0v) is 16.0. The van der Waals surface area contributed by atoms with Crippen molar-refractivity contribution in [3.8, 4) is 0 Å². The lowest BCUT2D eigenvalue weighted by Crippen LogP contribution is -2.51. The fourth-order valence-corrected chi connectivity index (χ4v) is 3.75. The van der Waals surface area contributed by atoms with Crippen molar-refractivity contribution in [2.24, 2.45) is 5.16 Å². The van der Waals surface area contributed by atoms with E-state index in [1.165, 1.54) is 12.1 Å². The van der Waals surface area contributed by atoms with Gasteiger partial charge in [0.2, 0.25) is 6.10 Å². The largest absolute Gasteiger partial charge is 0.382 e. The first-order chi connectivity index (χ1) is 13.6. The minimum Gasteiger partial charge on any atom is -0.382 e. The van der Waals surface area contributed by atoms with E-state index in [1.807, 2.05) is 18.2 Å². The molecular weight excluding hydrogens is 383 g/mol. The van der Waals surface area contributed by atoms with Crippen LogP contribution in [0.5, 0.6) is 0 Å². The maximum absolute atomic E-state index is 14.1. The smallest absolute Gasteiger partial charge is 0.266 e. The van der Waals surface area contributed by atoms with Gasteiger partial charge in [-0.15, -0.1) is 0 Å². The molecule has 2 aliphatic heterocycles. The highest BCUT2D eigenvalue weighted by atomic mass is 35.5. The number of pyridine rings is 1. The second kappa shape index (κ2) is 8.24. The Balaban J connectivity index is 1.32. The van der Waals surface area contributed by atoms with Crippen molar-refractivity contribution in [2.75, 3.05) is 26.2 Å². The Morgan fingerprint density at radius 2 is 2.00 bits per heavy atom. The van der Waals surface area contributed by atoms with E-state index in [4.69, 9.17) is 16.4 Å². The lowest BCUT2D eigenvalue weighted by molar-refractivity contribution is -0.143. The third-order valence-corrected chi connectivity index (χ3v) is 5.31. The number of piperazine rings is 1. The van der Waals surface area contributed by atoms with E-state index in [-0.39, 0.29) is 22.9 Å². The molecule has 1 aromatic carbocycles. The molecule has 0 unspecified atom stereocenters. The number of carbonyl (C=O) groups is 1.